The van der Waals surface area contributed by atoms with Crippen LogP contribution in [0.15, 0.2) is 64.4 Å². The van der Waals surface area contributed by atoms with Crippen LogP contribution in [-0.4, -0.2) is 44.2 Å². The minimum absolute atomic E-state index is 0.116. The molecule has 0 aromatic heterocycles. The van der Waals surface area contributed by atoms with Gasteiger partial charge in [-0.05, 0) is 44.0 Å². The van der Waals surface area contributed by atoms with Crippen molar-refractivity contribution in [3.8, 4) is 0 Å². The van der Waals surface area contributed by atoms with Crippen molar-refractivity contribution in [3.63, 3.8) is 0 Å². The second kappa shape index (κ2) is 7.59. The zero-order valence-corrected chi connectivity index (χ0v) is 18.1. The predicted molar refractivity (Wildman–Crippen MR) is 109 cm³/mol. The maximum absolute atomic E-state index is 13.3. The Morgan fingerprint density at radius 1 is 0.857 bits per heavy atom. The molecule has 2 aromatic carbocycles. The summed E-state index contributed by atoms with van der Waals surface area (Å²) in [6.07, 6.45) is -0.786. The van der Waals surface area contributed by atoms with E-state index < -0.39 is 32.3 Å². The van der Waals surface area contributed by atoms with Gasteiger partial charge < -0.3 is 0 Å². The monoisotopic (exact) mass is 422 g/mol. The summed E-state index contributed by atoms with van der Waals surface area (Å²) in [5.74, 6) is -0.219. The second-order valence-electron chi connectivity index (χ2n) is 7.54. The molecule has 0 saturated carbocycles. The smallest absolute Gasteiger partial charge is 0.207 e. The van der Waals surface area contributed by atoms with E-state index in [2.05, 4.69) is 0 Å². The number of nitrogens with zero attached hydrogens (tertiary/aromatic N) is 2. The van der Waals surface area contributed by atoms with Crippen LogP contribution < -0.4 is 0 Å². The van der Waals surface area contributed by atoms with Crippen molar-refractivity contribution < 1.29 is 16.8 Å². The van der Waals surface area contributed by atoms with Crippen molar-refractivity contribution in [3.05, 3.63) is 60.2 Å². The van der Waals surface area contributed by atoms with Crippen molar-refractivity contribution in [2.24, 2.45) is 5.92 Å². The fraction of sp³-hybridized carbons (Fsp3) is 0.400. The first-order valence-electron chi connectivity index (χ1n) is 9.24. The van der Waals surface area contributed by atoms with Crippen LogP contribution in [0.1, 0.15) is 26.3 Å². The Labute approximate surface area is 167 Å². The highest BCUT2D eigenvalue weighted by Crippen LogP contribution is 2.35. The number of benzene rings is 2. The van der Waals surface area contributed by atoms with Crippen molar-refractivity contribution in [2.45, 2.75) is 49.7 Å². The SMILES string of the molecule is Cc1ccc(S(=O)(=O)N2C[C@H](C)N(S(=O)(=O)c3ccccc3)[C@H]2C(C)C)cc1. The molecule has 0 radical (unpaired) electrons. The molecule has 1 heterocycles. The third-order valence-electron chi connectivity index (χ3n) is 4.98. The number of hydrogen-bond donors (Lipinski definition) is 0. The molecule has 152 valence electrons. The minimum atomic E-state index is -3.84. The van der Waals surface area contributed by atoms with Crippen LogP contribution in [-0.2, 0) is 20.0 Å². The van der Waals surface area contributed by atoms with Gasteiger partial charge in [0.2, 0.25) is 20.0 Å². The molecule has 0 bridgehead atoms. The maximum atomic E-state index is 13.3. The number of rotatable bonds is 5. The van der Waals surface area contributed by atoms with Gasteiger partial charge in [-0.15, -0.1) is 0 Å². The van der Waals surface area contributed by atoms with E-state index >= 15 is 0 Å². The molecule has 1 fully saturated rings. The molecular weight excluding hydrogens is 396 g/mol. The van der Waals surface area contributed by atoms with Gasteiger partial charge in [0.1, 0.15) is 0 Å². The summed E-state index contributed by atoms with van der Waals surface area (Å²) in [5.41, 5.74) is 0.961. The summed E-state index contributed by atoms with van der Waals surface area (Å²) in [6, 6.07) is 14.3. The van der Waals surface area contributed by atoms with Gasteiger partial charge in [-0.2, -0.15) is 8.61 Å². The van der Waals surface area contributed by atoms with Gasteiger partial charge in [-0.3, -0.25) is 0 Å². The molecule has 2 aromatic rings. The van der Waals surface area contributed by atoms with Gasteiger partial charge in [-0.25, -0.2) is 16.8 Å². The number of sulfonamides is 2. The van der Waals surface area contributed by atoms with Crippen molar-refractivity contribution in [2.75, 3.05) is 6.54 Å². The van der Waals surface area contributed by atoms with Crippen LogP contribution in [0.3, 0.4) is 0 Å². The molecule has 6 nitrogen and oxygen atoms in total. The summed E-state index contributed by atoms with van der Waals surface area (Å²) >= 11 is 0. The molecule has 1 saturated heterocycles. The van der Waals surface area contributed by atoms with E-state index in [1.165, 1.54) is 20.7 Å². The third kappa shape index (κ3) is 3.61. The zero-order chi connectivity index (χ0) is 20.7. The van der Waals surface area contributed by atoms with Crippen molar-refractivity contribution >= 4 is 20.0 Å². The largest absolute Gasteiger partial charge is 0.244 e. The van der Waals surface area contributed by atoms with E-state index in [9.17, 15) is 16.8 Å². The zero-order valence-electron chi connectivity index (χ0n) is 16.5. The molecule has 0 aliphatic carbocycles. The van der Waals surface area contributed by atoms with Crippen LogP contribution in [0.5, 0.6) is 0 Å². The maximum Gasteiger partial charge on any atom is 0.244 e. The lowest BCUT2D eigenvalue weighted by molar-refractivity contribution is 0.208. The van der Waals surface area contributed by atoms with Gasteiger partial charge in [0.05, 0.1) is 16.0 Å². The highest BCUT2D eigenvalue weighted by Gasteiger charge is 2.50. The molecule has 2 atom stereocenters. The van der Waals surface area contributed by atoms with E-state index in [4.69, 9.17) is 0 Å². The highest BCUT2D eigenvalue weighted by atomic mass is 32.2. The average Bonchev–Trinajstić information content (AvgIpc) is 3.02. The topological polar surface area (TPSA) is 74.8 Å². The summed E-state index contributed by atoms with van der Waals surface area (Å²) in [5, 5.41) is 0. The van der Waals surface area contributed by atoms with Gasteiger partial charge in [0.15, 0.2) is 0 Å². The van der Waals surface area contributed by atoms with E-state index in [1.54, 1.807) is 49.4 Å². The minimum Gasteiger partial charge on any atom is -0.207 e. The Morgan fingerprint density at radius 2 is 1.39 bits per heavy atom. The molecule has 8 heteroatoms. The molecular formula is C20H26N2O4S2. The first-order chi connectivity index (χ1) is 13.1. The Balaban J connectivity index is 2.07. The Kier molecular flexibility index (Phi) is 5.69. The van der Waals surface area contributed by atoms with Crippen LogP contribution in [0.4, 0.5) is 0 Å². The van der Waals surface area contributed by atoms with Gasteiger partial charge >= 0.3 is 0 Å². The van der Waals surface area contributed by atoms with Crippen LogP contribution in [0.2, 0.25) is 0 Å². The summed E-state index contributed by atoms with van der Waals surface area (Å²) < 4.78 is 55.9. The standard InChI is InChI=1S/C20H26N2O4S2/c1-15(2)20-21(27(23,24)19-12-10-16(3)11-13-19)14-17(4)22(20)28(25,26)18-8-6-5-7-9-18/h5-13,15,17,20H,14H2,1-4H3/t17-,20-/m0/s1. The van der Waals surface area contributed by atoms with Gasteiger partial charge in [-0.1, -0.05) is 49.7 Å². The van der Waals surface area contributed by atoms with Gasteiger partial charge in [0, 0.05) is 12.6 Å². The summed E-state index contributed by atoms with van der Waals surface area (Å²) in [6.45, 7) is 7.44. The Morgan fingerprint density at radius 3 is 1.93 bits per heavy atom. The molecule has 0 spiro atoms. The fourth-order valence-electron chi connectivity index (χ4n) is 3.64. The molecule has 0 N–H and O–H groups in total. The third-order valence-corrected chi connectivity index (χ3v) is 8.83. The van der Waals surface area contributed by atoms with E-state index in [0.29, 0.717) is 0 Å². The van der Waals surface area contributed by atoms with Crippen LogP contribution in [0, 0.1) is 12.8 Å². The molecule has 3 rings (SSSR count). The van der Waals surface area contributed by atoms with Crippen LogP contribution >= 0.6 is 0 Å². The molecule has 28 heavy (non-hydrogen) atoms. The first-order valence-corrected chi connectivity index (χ1v) is 12.1. The first kappa shape index (κ1) is 21.0. The normalized spacial score (nSPS) is 22.0. The number of hydrogen-bond acceptors (Lipinski definition) is 4. The van der Waals surface area contributed by atoms with Crippen molar-refractivity contribution in [1.82, 2.24) is 8.61 Å². The Hall–Kier alpha value is -1.74. The lowest BCUT2D eigenvalue weighted by Gasteiger charge is -2.33. The Bertz CT molecular complexity index is 1030. The molecule has 0 amide bonds. The lowest BCUT2D eigenvalue weighted by Crippen LogP contribution is -2.48. The number of aryl methyl sites for hydroxylation is 1. The quantitative estimate of drug-likeness (QED) is 0.742. The fourth-order valence-corrected chi connectivity index (χ4v) is 7.42. The lowest BCUT2D eigenvalue weighted by atomic mass is 10.2. The van der Waals surface area contributed by atoms with E-state index in [0.717, 1.165) is 5.56 Å². The molecule has 1 aliphatic rings. The van der Waals surface area contributed by atoms with Crippen LogP contribution in [0.25, 0.3) is 0 Å². The summed E-state index contributed by atoms with van der Waals surface area (Å²) in [7, 11) is -7.67. The molecule has 1 aliphatic heterocycles. The predicted octanol–water partition coefficient (Wildman–Crippen LogP) is 3.06. The summed E-state index contributed by atoms with van der Waals surface area (Å²) in [4.78, 5) is 0.344. The van der Waals surface area contributed by atoms with E-state index in [1.807, 2.05) is 20.8 Å². The van der Waals surface area contributed by atoms with Gasteiger partial charge in [0.25, 0.3) is 0 Å². The average molecular weight is 423 g/mol. The highest BCUT2D eigenvalue weighted by molar-refractivity contribution is 7.90. The van der Waals surface area contributed by atoms with E-state index in [-0.39, 0.29) is 22.3 Å². The molecule has 0 unspecified atom stereocenters. The van der Waals surface area contributed by atoms with Crippen molar-refractivity contribution in [1.29, 1.82) is 0 Å². The second-order valence-corrected chi connectivity index (χ2v) is 11.3.